The Morgan fingerprint density at radius 2 is 1.66 bits per heavy atom. The summed E-state index contributed by atoms with van der Waals surface area (Å²) < 4.78 is 0. The van der Waals surface area contributed by atoms with Gasteiger partial charge in [0.1, 0.15) is 0 Å². The molecule has 0 aromatic carbocycles. The molecule has 0 bridgehead atoms. The van der Waals surface area contributed by atoms with Crippen LogP contribution >= 0.6 is 0 Å². The van der Waals surface area contributed by atoms with E-state index in [-0.39, 0.29) is 29.9 Å². The minimum atomic E-state index is -0.843. The molecule has 8 nitrogen and oxygen atoms in total. The van der Waals surface area contributed by atoms with Gasteiger partial charge in [-0.05, 0) is 48.9 Å². The first-order valence-corrected chi connectivity index (χ1v) is 11.7. The van der Waals surface area contributed by atoms with Crippen LogP contribution in [0.4, 0.5) is 4.79 Å². The zero-order valence-electron chi connectivity index (χ0n) is 21.5. The number of nitrogens with one attached hydrogen (secondary N) is 4. The van der Waals surface area contributed by atoms with E-state index < -0.39 is 24.0 Å². The number of hydrogen-bond acceptors (Lipinski definition) is 4. The maximum atomic E-state index is 13.1. The van der Waals surface area contributed by atoms with Crippen LogP contribution in [0.2, 0.25) is 0 Å². The van der Waals surface area contributed by atoms with Crippen molar-refractivity contribution in [3.05, 3.63) is 24.3 Å². The van der Waals surface area contributed by atoms with Crippen LogP contribution in [0.5, 0.6) is 0 Å². The van der Waals surface area contributed by atoms with Gasteiger partial charge in [-0.2, -0.15) is 0 Å². The van der Waals surface area contributed by atoms with Crippen molar-refractivity contribution in [2.24, 2.45) is 11.8 Å². The average molecular weight is 509 g/mol. The van der Waals surface area contributed by atoms with E-state index in [2.05, 4.69) is 86.5 Å². The lowest BCUT2D eigenvalue weighted by Crippen LogP contribution is -2.48. The van der Waals surface area contributed by atoms with Gasteiger partial charge >= 0.3 is 6.03 Å². The van der Waals surface area contributed by atoms with E-state index in [1.807, 2.05) is 0 Å². The number of ketones is 1. The standard InChI is InChI=1S/C30H28N4O4/c1-5-6-7-8-9-10-11-12-13-15-21-32-30(38)34-28(23(2)3)26(35)22-25-17-14-16-20-31-27(36)19-18-24(4)33-29(25)37/h1,14,17-19,23-25,28H,16,20,22H2,2-4H3,(H,31,36)(H,33,37)(H2,32,34,38)/b17-14+,19-18+/t24-,25+,28-/m0/s1. The summed E-state index contributed by atoms with van der Waals surface area (Å²) >= 11 is 0. The summed E-state index contributed by atoms with van der Waals surface area (Å²) in [6, 6.07) is 0.440. The Labute approximate surface area is 224 Å². The van der Waals surface area contributed by atoms with E-state index in [0.29, 0.717) is 13.0 Å². The Kier molecular flexibility index (Phi) is 14.6. The predicted molar refractivity (Wildman–Crippen MR) is 145 cm³/mol. The van der Waals surface area contributed by atoms with E-state index >= 15 is 0 Å². The zero-order valence-corrected chi connectivity index (χ0v) is 21.5. The number of carbonyl (C=O) groups is 4. The highest BCUT2D eigenvalue weighted by atomic mass is 16.2. The fourth-order valence-electron chi connectivity index (χ4n) is 2.97. The smallest absolute Gasteiger partial charge is 0.327 e. The molecule has 0 saturated heterocycles. The summed E-state index contributed by atoms with van der Waals surface area (Å²) in [4.78, 5) is 49.8. The third-order valence-electron chi connectivity index (χ3n) is 4.75. The molecule has 0 aromatic heterocycles. The summed E-state index contributed by atoms with van der Waals surface area (Å²) in [5, 5.41) is 10.4. The van der Waals surface area contributed by atoms with E-state index in [4.69, 9.17) is 6.42 Å². The van der Waals surface area contributed by atoms with Gasteiger partial charge in [-0.3, -0.25) is 19.7 Å². The molecule has 4 amide bonds. The van der Waals surface area contributed by atoms with Crippen molar-refractivity contribution in [2.75, 3.05) is 6.54 Å². The molecule has 1 heterocycles. The average Bonchev–Trinajstić information content (AvgIpc) is 2.87. The zero-order chi connectivity index (χ0) is 28.2. The molecule has 0 saturated carbocycles. The lowest BCUT2D eigenvalue weighted by Gasteiger charge is -2.23. The second-order valence-electron chi connectivity index (χ2n) is 8.16. The largest absolute Gasteiger partial charge is 0.352 e. The van der Waals surface area contributed by atoms with Crippen LogP contribution < -0.4 is 21.3 Å². The predicted octanol–water partition coefficient (Wildman–Crippen LogP) is 0.630. The molecule has 8 heteroatoms. The van der Waals surface area contributed by atoms with Crippen LogP contribution in [0.15, 0.2) is 24.3 Å². The maximum Gasteiger partial charge on any atom is 0.327 e. The minimum Gasteiger partial charge on any atom is -0.352 e. The number of hydrogen-bond donors (Lipinski definition) is 4. The first kappa shape index (κ1) is 30.8. The number of Topliss-reactive ketones (excluding diaryl/α,β-unsaturated/α-hetero) is 1. The summed E-state index contributed by atoms with van der Waals surface area (Å²) in [5.74, 6) is 22.0. The molecule has 3 atom stereocenters. The fraction of sp³-hybridized carbons (Fsp3) is 0.333. The molecule has 0 unspecified atom stereocenters. The third kappa shape index (κ3) is 13.6. The number of carbonyl (C=O) groups excluding carboxylic acids is 4. The van der Waals surface area contributed by atoms with Gasteiger partial charge in [0.15, 0.2) is 5.78 Å². The number of terminal acetylenes is 1. The summed E-state index contributed by atoms with van der Waals surface area (Å²) in [6.07, 6.45) is 11.7. The molecular weight excluding hydrogens is 480 g/mol. The molecule has 0 aliphatic carbocycles. The summed E-state index contributed by atoms with van der Waals surface area (Å²) in [7, 11) is 0. The van der Waals surface area contributed by atoms with Gasteiger partial charge in [0.2, 0.25) is 11.8 Å². The molecule has 0 radical (unpaired) electrons. The highest BCUT2D eigenvalue weighted by molar-refractivity contribution is 5.93. The molecule has 4 N–H and O–H groups in total. The van der Waals surface area contributed by atoms with Gasteiger partial charge in [-0.15, -0.1) is 6.42 Å². The van der Waals surface area contributed by atoms with Crippen molar-refractivity contribution in [2.45, 2.75) is 45.7 Å². The third-order valence-corrected chi connectivity index (χ3v) is 4.75. The Bertz CT molecular complexity index is 1320. The Balaban J connectivity index is 2.78. The first-order valence-electron chi connectivity index (χ1n) is 11.7. The molecule has 0 aromatic rings. The second-order valence-corrected chi connectivity index (χ2v) is 8.16. The van der Waals surface area contributed by atoms with Gasteiger partial charge in [0, 0.05) is 60.7 Å². The maximum absolute atomic E-state index is 13.1. The van der Waals surface area contributed by atoms with Crippen molar-refractivity contribution >= 4 is 23.6 Å². The molecule has 0 spiro atoms. The molecule has 38 heavy (non-hydrogen) atoms. The van der Waals surface area contributed by atoms with Crippen molar-refractivity contribution in [3.63, 3.8) is 0 Å². The van der Waals surface area contributed by atoms with Crippen LogP contribution in [-0.2, 0) is 14.4 Å². The van der Waals surface area contributed by atoms with Gasteiger partial charge in [-0.1, -0.05) is 32.1 Å². The fourth-order valence-corrected chi connectivity index (χ4v) is 2.97. The molecular formula is C30H28N4O4. The van der Waals surface area contributed by atoms with Gasteiger partial charge in [0.25, 0.3) is 0 Å². The Morgan fingerprint density at radius 1 is 1.03 bits per heavy atom. The van der Waals surface area contributed by atoms with E-state index in [0.717, 1.165) is 0 Å². The summed E-state index contributed by atoms with van der Waals surface area (Å²) in [6.45, 7) is 5.70. The second kappa shape index (κ2) is 18.1. The van der Waals surface area contributed by atoms with Crippen molar-refractivity contribution < 1.29 is 19.2 Å². The van der Waals surface area contributed by atoms with Crippen molar-refractivity contribution in [3.8, 4) is 71.7 Å². The summed E-state index contributed by atoms with van der Waals surface area (Å²) in [5.41, 5.74) is 0. The SMILES string of the molecule is C#CC#CC#CC#CC#CC#CNC(=O)N[C@H](C(=O)C[C@H]1/C=C/CCNC(=O)/C=C/[C@H](C)NC1=O)C(C)C. The molecule has 192 valence electrons. The molecule has 0 fully saturated rings. The quantitative estimate of drug-likeness (QED) is 0.248. The molecule has 1 aliphatic heterocycles. The van der Waals surface area contributed by atoms with Crippen molar-refractivity contribution in [1.29, 1.82) is 0 Å². The Hall–Kier alpha value is -5.28. The van der Waals surface area contributed by atoms with Crippen LogP contribution in [-0.4, -0.2) is 42.3 Å². The van der Waals surface area contributed by atoms with Crippen LogP contribution in [0, 0.1) is 83.5 Å². The minimum absolute atomic E-state index is 0.110. The first-order chi connectivity index (χ1) is 18.2. The highest BCUT2D eigenvalue weighted by Crippen LogP contribution is 2.14. The Morgan fingerprint density at radius 3 is 2.29 bits per heavy atom. The van der Waals surface area contributed by atoms with Gasteiger partial charge in [-0.25, -0.2) is 4.79 Å². The van der Waals surface area contributed by atoms with Gasteiger partial charge in [0.05, 0.1) is 12.0 Å². The number of amides is 4. The van der Waals surface area contributed by atoms with Crippen LogP contribution in [0.3, 0.4) is 0 Å². The molecule has 1 aliphatic rings. The van der Waals surface area contributed by atoms with Crippen LogP contribution in [0.25, 0.3) is 0 Å². The lowest BCUT2D eigenvalue weighted by atomic mass is 9.91. The monoisotopic (exact) mass is 508 g/mol. The topological polar surface area (TPSA) is 116 Å². The number of urea groups is 1. The van der Waals surface area contributed by atoms with E-state index in [9.17, 15) is 19.2 Å². The molecule has 1 rings (SSSR count). The lowest BCUT2D eigenvalue weighted by molar-refractivity contribution is -0.129. The number of rotatable bonds is 5. The van der Waals surface area contributed by atoms with Crippen LogP contribution in [0.1, 0.15) is 33.6 Å². The van der Waals surface area contributed by atoms with Crippen molar-refractivity contribution in [1.82, 2.24) is 21.3 Å². The normalized spacial score (nSPS) is 18.5. The van der Waals surface area contributed by atoms with E-state index in [1.54, 1.807) is 39.0 Å². The highest BCUT2D eigenvalue weighted by Gasteiger charge is 2.28. The van der Waals surface area contributed by atoms with E-state index in [1.165, 1.54) is 6.08 Å². The van der Waals surface area contributed by atoms with Gasteiger partial charge < -0.3 is 16.0 Å².